The largest absolute Gasteiger partial charge is 0.456 e. The normalized spacial score (nSPS) is 55.0. The summed E-state index contributed by atoms with van der Waals surface area (Å²) in [6, 6.07) is 0. The highest BCUT2D eigenvalue weighted by Crippen LogP contribution is 2.76. The topological polar surface area (TPSA) is 420 Å². The highest BCUT2D eigenvalue weighted by atomic mass is 16.8. The Morgan fingerprint density at radius 3 is 1.72 bits per heavy atom. The standard InChI is InChI=1S/C60H96O28/c1-23-45(84-52-44(74)47(37(67)28(21-63)81-52)85-51-43(73)46(76-9)36(66)27(20-62)80-51)40(70)42(72)49(78-23)86-48-38(68)29(82-50-41(71)39(69)35(65)26(19-61)79-50)22-77-53(48)83-33-14-16-57(6)25-18-32(64)60-31(59(8,88-54(60)75)34-13-15-55(2,3)87-34)12-17-58(60,7)24(25)10-11-30(57)56(33,4)5/h18,23-24,26-53,61-74H,10-17,19-22H2,1-9H3/t23-,24-,26-,27-,28-,29+,30+,31-,32+,33+,34-,35-,36-,37-,38+,39+,40-,41-,42-,43-,44-,45-,46+,47+,48-,49+,50+,51+,52+,53+,57-,58+,59-,60+/m1/s1. The van der Waals surface area contributed by atoms with Gasteiger partial charge >= 0.3 is 5.97 Å². The maximum absolute atomic E-state index is 14.7. The van der Waals surface area contributed by atoms with Crippen LogP contribution in [0.5, 0.6) is 0 Å². The maximum Gasteiger partial charge on any atom is 0.316 e. The van der Waals surface area contributed by atoms with Gasteiger partial charge in [0.2, 0.25) is 0 Å². The molecule has 34 atom stereocenters. The molecule has 0 bridgehead atoms. The van der Waals surface area contributed by atoms with Gasteiger partial charge in [0.25, 0.3) is 0 Å². The lowest BCUT2D eigenvalue weighted by Crippen LogP contribution is -2.67. The molecule has 11 aliphatic rings. The molecular formula is C60H96O28. The zero-order valence-electron chi connectivity index (χ0n) is 51.4. The molecule has 1 spiro atoms. The van der Waals surface area contributed by atoms with Gasteiger partial charge in [0, 0.05) is 13.0 Å². The number of aliphatic hydroxyl groups is 14. The van der Waals surface area contributed by atoms with Gasteiger partial charge in [-0.2, -0.15) is 0 Å². The third-order valence-corrected chi connectivity index (χ3v) is 23.1. The molecule has 28 nitrogen and oxygen atoms in total. The second-order valence-electron chi connectivity index (χ2n) is 28.7. The minimum atomic E-state index is -2.02. The summed E-state index contributed by atoms with van der Waals surface area (Å²) in [5.41, 5.74) is -3.07. The SMILES string of the molecule is CO[C@@H]1[C@@H](O)[C@H](O[C@@H]2[C@@H](O)[C@H](O[C@H]3[C@H](O)[C@@H](O)[C@H](O[C@H]4[C@H](O[C@H]5CC[C@]6(C)C7=C[C@H](O)[C@]89C(=O)O[C@@](C)([C@H]%10CCC(C)(C)O%10)[C@H]8CC[C@@]9(C)[C@@H]7CC[C@H]6C5(C)C)OC[C@H](O[C@@H]5O[C@H](CO)[C@@H](O)[C@H](O)[C@H]5O)[C@@H]4O)O[C@@H]3C)O[C@H](CO)[C@H]2O)O[C@H](CO)[C@H]1O. The molecule has 0 unspecified atom stereocenters. The van der Waals surface area contributed by atoms with E-state index in [1.807, 2.05) is 13.0 Å². The lowest BCUT2D eigenvalue weighted by Gasteiger charge is -2.64. The average Bonchev–Trinajstić information content (AvgIpc) is 1.46. The van der Waals surface area contributed by atoms with E-state index in [1.54, 1.807) is 0 Å². The van der Waals surface area contributed by atoms with E-state index < -0.39 is 213 Å². The number of hydrogen-bond acceptors (Lipinski definition) is 28. The van der Waals surface area contributed by atoms with Crippen molar-refractivity contribution in [3.05, 3.63) is 11.6 Å². The van der Waals surface area contributed by atoms with Crippen LogP contribution in [0.4, 0.5) is 0 Å². The van der Waals surface area contributed by atoms with Crippen molar-refractivity contribution >= 4 is 5.97 Å². The number of esters is 1. The van der Waals surface area contributed by atoms with E-state index in [1.165, 1.54) is 14.0 Å². The van der Waals surface area contributed by atoms with E-state index >= 15 is 0 Å². The van der Waals surface area contributed by atoms with Gasteiger partial charge in [-0.25, -0.2) is 0 Å². The van der Waals surface area contributed by atoms with E-state index in [4.69, 9.17) is 61.6 Å². The van der Waals surface area contributed by atoms with Gasteiger partial charge in [0.15, 0.2) is 31.5 Å². The summed E-state index contributed by atoms with van der Waals surface area (Å²) in [7, 11) is 1.19. The van der Waals surface area contributed by atoms with E-state index in [0.717, 1.165) is 37.7 Å². The second kappa shape index (κ2) is 24.7. The molecule has 7 saturated heterocycles. The number of fused-ring (bicyclic) bond motifs is 4. The Bertz CT molecular complexity index is 2490. The predicted octanol–water partition coefficient (Wildman–Crippen LogP) is -3.38. The van der Waals surface area contributed by atoms with Gasteiger partial charge in [-0.15, -0.1) is 0 Å². The molecule has 10 fully saturated rings. The van der Waals surface area contributed by atoms with E-state index in [9.17, 15) is 76.3 Å². The number of ether oxygens (including phenoxy) is 13. The van der Waals surface area contributed by atoms with Crippen LogP contribution >= 0.6 is 0 Å². The molecule has 4 aliphatic carbocycles. The third-order valence-electron chi connectivity index (χ3n) is 23.1. The van der Waals surface area contributed by atoms with E-state index in [-0.39, 0.29) is 35.4 Å². The number of carbonyl (C=O) groups is 1. The summed E-state index contributed by atoms with van der Waals surface area (Å²) in [6.07, 6.45) is -34.5. The lowest BCUT2D eigenvalue weighted by atomic mass is 9.40. The molecule has 14 N–H and O–H groups in total. The fourth-order valence-corrected chi connectivity index (χ4v) is 18.2. The van der Waals surface area contributed by atoms with Gasteiger partial charge in [0.1, 0.15) is 121 Å². The first-order chi connectivity index (χ1) is 41.4. The molecule has 0 amide bonds. The van der Waals surface area contributed by atoms with Crippen molar-refractivity contribution in [1.82, 2.24) is 0 Å². The molecule has 0 radical (unpaired) electrons. The zero-order chi connectivity index (χ0) is 63.9. The van der Waals surface area contributed by atoms with Gasteiger partial charge in [0.05, 0.1) is 56.4 Å². The summed E-state index contributed by atoms with van der Waals surface area (Å²) in [4.78, 5) is 14.7. The van der Waals surface area contributed by atoms with Crippen LogP contribution in [0.3, 0.4) is 0 Å². The molecule has 7 heterocycles. The first-order valence-corrected chi connectivity index (χ1v) is 31.4. The number of cyclic esters (lactones) is 1. The molecule has 28 heteroatoms. The maximum atomic E-state index is 14.7. The van der Waals surface area contributed by atoms with Crippen LogP contribution in [0.1, 0.15) is 107 Å². The monoisotopic (exact) mass is 1260 g/mol. The molecule has 7 aliphatic heterocycles. The predicted molar refractivity (Wildman–Crippen MR) is 294 cm³/mol. The van der Waals surface area contributed by atoms with Crippen LogP contribution in [-0.2, 0) is 66.4 Å². The third kappa shape index (κ3) is 10.7. The Morgan fingerprint density at radius 2 is 1.10 bits per heavy atom. The van der Waals surface area contributed by atoms with E-state index in [0.29, 0.717) is 19.3 Å². The van der Waals surface area contributed by atoms with Crippen LogP contribution < -0.4 is 0 Å². The summed E-state index contributed by atoms with van der Waals surface area (Å²) < 4.78 is 79.1. The van der Waals surface area contributed by atoms with Crippen molar-refractivity contribution in [2.75, 3.05) is 33.5 Å². The van der Waals surface area contributed by atoms with Gasteiger partial charge in [-0.3, -0.25) is 4.79 Å². The van der Waals surface area contributed by atoms with Gasteiger partial charge in [-0.05, 0) is 107 Å². The molecule has 0 aromatic rings. The molecule has 3 saturated carbocycles. The van der Waals surface area contributed by atoms with Crippen LogP contribution in [0.2, 0.25) is 0 Å². The Morgan fingerprint density at radius 1 is 0.534 bits per heavy atom. The van der Waals surface area contributed by atoms with Crippen molar-refractivity contribution in [1.29, 1.82) is 0 Å². The number of methoxy groups -OCH3 is 1. The molecule has 0 aromatic carbocycles. The molecule has 0 aromatic heterocycles. The van der Waals surface area contributed by atoms with Crippen molar-refractivity contribution in [2.24, 2.45) is 39.4 Å². The number of rotatable bonds is 15. The van der Waals surface area contributed by atoms with Gasteiger partial charge < -0.3 is 133 Å². The zero-order valence-corrected chi connectivity index (χ0v) is 51.4. The summed E-state index contributed by atoms with van der Waals surface area (Å²) in [5.74, 6) is -0.721. The first kappa shape index (κ1) is 67.6. The van der Waals surface area contributed by atoms with Crippen LogP contribution in [-0.4, -0.2) is 288 Å². The van der Waals surface area contributed by atoms with Crippen molar-refractivity contribution < 1.29 is 138 Å². The molecule has 11 rings (SSSR count). The highest BCUT2D eigenvalue weighted by Gasteiger charge is 2.80. The van der Waals surface area contributed by atoms with Crippen LogP contribution in [0.25, 0.3) is 0 Å². The second-order valence-corrected chi connectivity index (χ2v) is 28.7. The number of aliphatic hydroxyl groups excluding tert-OH is 14. The fraction of sp³-hybridized carbons (Fsp3) is 0.950. The number of hydrogen-bond donors (Lipinski definition) is 14. The Kier molecular flexibility index (Phi) is 19.0. The Balaban J connectivity index is 0.818. The molecule has 504 valence electrons. The lowest BCUT2D eigenvalue weighted by molar-refractivity contribution is -0.394. The minimum absolute atomic E-state index is 0.0402. The summed E-state index contributed by atoms with van der Waals surface area (Å²) in [5, 5.41) is 155. The quantitative estimate of drug-likeness (QED) is 0.0432. The summed E-state index contributed by atoms with van der Waals surface area (Å²) >= 11 is 0. The summed E-state index contributed by atoms with van der Waals surface area (Å²) in [6.45, 7) is 13.3. The minimum Gasteiger partial charge on any atom is -0.456 e. The molecule has 88 heavy (non-hydrogen) atoms. The van der Waals surface area contributed by atoms with Crippen molar-refractivity contribution in [2.45, 2.75) is 284 Å². The smallest absolute Gasteiger partial charge is 0.316 e. The van der Waals surface area contributed by atoms with Crippen molar-refractivity contribution in [3.63, 3.8) is 0 Å². The van der Waals surface area contributed by atoms with E-state index in [2.05, 4.69) is 41.5 Å². The average molecular weight is 1270 g/mol. The highest BCUT2D eigenvalue weighted by molar-refractivity contribution is 5.84. The fourth-order valence-electron chi connectivity index (χ4n) is 18.2. The van der Waals surface area contributed by atoms with Crippen LogP contribution in [0, 0.1) is 39.4 Å². The van der Waals surface area contributed by atoms with Crippen LogP contribution in [0.15, 0.2) is 11.6 Å². The Hall–Kier alpha value is -1.83. The van der Waals surface area contributed by atoms with Gasteiger partial charge in [-0.1, -0.05) is 39.3 Å². The van der Waals surface area contributed by atoms with Crippen molar-refractivity contribution in [3.8, 4) is 0 Å². The molecular weight excluding hydrogens is 1170 g/mol. The number of carbonyl (C=O) groups excluding carboxylic acids is 1. The number of allylic oxidation sites excluding steroid dienone is 1. The Labute approximate surface area is 510 Å². The first-order valence-electron chi connectivity index (χ1n) is 31.4.